The first kappa shape index (κ1) is 18.2. The molecular weight excluding hydrogens is 331 g/mol. The summed E-state index contributed by atoms with van der Waals surface area (Å²) in [5.41, 5.74) is 8.41. The van der Waals surface area contributed by atoms with Crippen LogP contribution in [0.1, 0.15) is 27.2 Å². The number of nitrogens with zero attached hydrogens (tertiary/aromatic N) is 3. The maximum atomic E-state index is 14.5. The normalized spacial score (nSPS) is 13.0. The molecule has 0 amide bonds. The largest absolute Gasteiger partial charge is 0.490 e. The Bertz CT molecular complexity index is 902. The first-order chi connectivity index (χ1) is 12.3. The summed E-state index contributed by atoms with van der Waals surface area (Å²) >= 11 is 0. The topological polar surface area (TPSA) is 73.9 Å². The van der Waals surface area contributed by atoms with Crippen LogP contribution in [-0.4, -0.2) is 27.1 Å². The summed E-state index contributed by atoms with van der Waals surface area (Å²) in [6, 6.07) is 6.72. The number of pyridine rings is 1. The van der Waals surface area contributed by atoms with Gasteiger partial charge in [-0.3, -0.25) is 4.98 Å². The van der Waals surface area contributed by atoms with Crippen LogP contribution in [0.15, 0.2) is 42.9 Å². The van der Waals surface area contributed by atoms with Crippen molar-refractivity contribution in [1.29, 1.82) is 0 Å². The number of fused-ring (bicyclic) bond motifs is 1. The van der Waals surface area contributed by atoms with E-state index < -0.39 is 5.82 Å². The summed E-state index contributed by atoms with van der Waals surface area (Å²) in [5, 5.41) is 0. The molecule has 0 aliphatic carbocycles. The Hall–Kier alpha value is -2.60. The van der Waals surface area contributed by atoms with Crippen molar-refractivity contribution in [3.8, 4) is 16.9 Å². The number of ether oxygens (including phenoxy) is 1. The van der Waals surface area contributed by atoms with E-state index in [9.17, 15) is 4.39 Å². The number of nitrogens with two attached hydrogens (primary N) is 1. The minimum absolute atomic E-state index is 0.230. The van der Waals surface area contributed by atoms with Crippen LogP contribution in [0.4, 0.5) is 4.39 Å². The second-order valence-electron chi connectivity index (χ2n) is 7.34. The molecule has 2 heterocycles. The maximum Gasteiger partial charge on any atom is 0.178 e. The maximum absolute atomic E-state index is 14.5. The summed E-state index contributed by atoms with van der Waals surface area (Å²) < 4.78 is 20.2. The third kappa shape index (κ3) is 4.32. The molecule has 0 aliphatic rings. The molecule has 3 rings (SSSR count). The molecule has 2 aromatic heterocycles. The fraction of sp³-hybridized carbons (Fsp3) is 0.350. The summed E-state index contributed by atoms with van der Waals surface area (Å²) in [4.78, 5) is 12.7. The van der Waals surface area contributed by atoms with Gasteiger partial charge in [-0.2, -0.15) is 0 Å². The van der Waals surface area contributed by atoms with E-state index >= 15 is 0 Å². The van der Waals surface area contributed by atoms with Gasteiger partial charge in [0.2, 0.25) is 0 Å². The van der Waals surface area contributed by atoms with E-state index in [0.29, 0.717) is 23.3 Å². The molecular formula is C20H23FN4O. The van der Waals surface area contributed by atoms with Crippen LogP contribution in [0.5, 0.6) is 5.75 Å². The van der Waals surface area contributed by atoms with Crippen molar-refractivity contribution >= 4 is 11.2 Å². The van der Waals surface area contributed by atoms with Gasteiger partial charge in [0.1, 0.15) is 5.52 Å². The lowest BCUT2D eigenvalue weighted by molar-refractivity contribution is 0.222. The molecule has 136 valence electrons. The summed E-state index contributed by atoms with van der Waals surface area (Å²) in [6.07, 6.45) is 5.63. The highest BCUT2D eigenvalue weighted by atomic mass is 19.1. The molecule has 6 heteroatoms. The minimum Gasteiger partial charge on any atom is -0.490 e. The van der Waals surface area contributed by atoms with Crippen molar-refractivity contribution in [3.63, 3.8) is 0 Å². The van der Waals surface area contributed by atoms with E-state index in [1.54, 1.807) is 30.7 Å². The lowest BCUT2D eigenvalue weighted by Gasteiger charge is -2.23. The van der Waals surface area contributed by atoms with Crippen LogP contribution < -0.4 is 10.5 Å². The first-order valence-corrected chi connectivity index (χ1v) is 8.61. The average molecular weight is 354 g/mol. The van der Waals surface area contributed by atoms with E-state index in [4.69, 9.17) is 10.5 Å². The van der Waals surface area contributed by atoms with Crippen LogP contribution in [0.3, 0.4) is 0 Å². The van der Waals surface area contributed by atoms with Crippen molar-refractivity contribution in [2.45, 2.75) is 32.7 Å². The number of halogens is 1. The van der Waals surface area contributed by atoms with E-state index in [2.05, 4.69) is 15.0 Å². The fourth-order valence-electron chi connectivity index (χ4n) is 3.08. The van der Waals surface area contributed by atoms with Gasteiger partial charge in [0.05, 0.1) is 6.61 Å². The molecule has 0 saturated carbocycles. The van der Waals surface area contributed by atoms with Crippen LogP contribution in [-0.2, 0) is 0 Å². The number of benzene rings is 1. The Morgan fingerprint density at radius 3 is 2.58 bits per heavy atom. The molecule has 1 atom stereocenters. The molecule has 0 bridgehead atoms. The van der Waals surface area contributed by atoms with Gasteiger partial charge < -0.3 is 10.5 Å². The highest BCUT2D eigenvalue weighted by molar-refractivity contribution is 5.88. The molecule has 2 N–H and O–H groups in total. The SMILES string of the molecule is C[C@H](COc1ccc(-c2ccnc3nccnc23)cc1F)CC(C)(C)N. The quantitative estimate of drug-likeness (QED) is 0.725. The molecule has 1 aromatic carbocycles. The Balaban J connectivity index is 1.79. The number of hydrogen-bond acceptors (Lipinski definition) is 5. The predicted molar refractivity (Wildman–Crippen MR) is 100 cm³/mol. The zero-order valence-corrected chi connectivity index (χ0v) is 15.2. The molecule has 0 saturated heterocycles. The number of aromatic nitrogens is 3. The van der Waals surface area contributed by atoms with Crippen LogP contribution >= 0.6 is 0 Å². The van der Waals surface area contributed by atoms with Crippen molar-refractivity contribution < 1.29 is 9.13 Å². The first-order valence-electron chi connectivity index (χ1n) is 8.61. The third-order valence-corrected chi connectivity index (χ3v) is 4.01. The van der Waals surface area contributed by atoms with Gasteiger partial charge in [-0.05, 0) is 49.9 Å². The Morgan fingerprint density at radius 1 is 1.12 bits per heavy atom. The van der Waals surface area contributed by atoms with Crippen molar-refractivity contribution in [2.75, 3.05) is 6.61 Å². The third-order valence-electron chi connectivity index (χ3n) is 4.01. The number of rotatable bonds is 6. The van der Waals surface area contributed by atoms with Gasteiger partial charge in [0.25, 0.3) is 0 Å². The average Bonchev–Trinajstić information content (AvgIpc) is 2.58. The van der Waals surface area contributed by atoms with Gasteiger partial charge in [-0.15, -0.1) is 0 Å². The fourth-order valence-corrected chi connectivity index (χ4v) is 3.08. The zero-order valence-electron chi connectivity index (χ0n) is 15.2. The molecule has 0 aliphatic heterocycles. The van der Waals surface area contributed by atoms with Crippen molar-refractivity contribution in [2.24, 2.45) is 11.7 Å². The minimum atomic E-state index is -0.407. The van der Waals surface area contributed by atoms with E-state index in [1.807, 2.05) is 26.8 Å². The molecule has 26 heavy (non-hydrogen) atoms. The number of hydrogen-bond donors (Lipinski definition) is 1. The molecule has 0 unspecified atom stereocenters. The Kier molecular flexibility index (Phi) is 5.13. The van der Waals surface area contributed by atoms with Gasteiger partial charge in [0.15, 0.2) is 17.2 Å². The lowest BCUT2D eigenvalue weighted by atomic mass is 9.93. The van der Waals surface area contributed by atoms with Crippen molar-refractivity contribution in [1.82, 2.24) is 15.0 Å². The summed E-state index contributed by atoms with van der Waals surface area (Å²) in [5.74, 6) is 0.0592. The summed E-state index contributed by atoms with van der Waals surface area (Å²) in [6.45, 7) is 6.41. The molecule has 3 aromatic rings. The monoisotopic (exact) mass is 354 g/mol. The second kappa shape index (κ2) is 7.33. The second-order valence-corrected chi connectivity index (χ2v) is 7.34. The molecule has 0 spiro atoms. The molecule has 5 nitrogen and oxygen atoms in total. The highest BCUT2D eigenvalue weighted by Crippen LogP contribution is 2.29. The van der Waals surface area contributed by atoms with E-state index in [-0.39, 0.29) is 17.2 Å². The predicted octanol–water partition coefficient (Wildman–Crippen LogP) is 3.97. The Labute approximate surface area is 152 Å². The molecule has 0 radical (unpaired) electrons. The van der Waals surface area contributed by atoms with Crippen LogP contribution in [0.2, 0.25) is 0 Å². The van der Waals surface area contributed by atoms with Gasteiger partial charge >= 0.3 is 0 Å². The summed E-state index contributed by atoms with van der Waals surface area (Å²) in [7, 11) is 0. The smallest absolute Gasteiger partial charge is 0.178 e. The molecule has 0 fully saturated rings. The van der Waals surface area contributed by atoms with Crippen molar-refractivity contribution in [3.05, 3.63) is 48.7 Å². The Morgan fingerprint density at radius 2 is 1.85 bits per heavy atom. The highest BCUT2D eigenvalue weighted by Gasteiger charge is 2.17. The standard InChI is InChI=1S/C20H23FN4O/c1-13(11-20(2,3)22)12-26-17-5-4-14(10-16(17)21)15-6-7-24-19-18(15)23-8-9-25-19/h4-10,13H,11-12,22H2,1-3H3/t13-/m0/s1. The zero-order chi connectivity index (χ0) is 18.7. The van der Waals surface area contributed by atoms with E-state index in [1.165, 1.54) is 6.07 Å². The van der Waals surface area contributed by atoms with Gasteiger partial charge in [0, 0.05) is 29.7 Å². The van der Waals surface area contributed by atoms with Gasteiger partial charge in [-0.25, -0.2) is 14.4 Å². The van der Waals surface area contributed by atoms with Crippen LogP contribution in [0, 0.1) is 11.7 Å². The van der Waals surface area contributed by atoms with Gasteiger partial charge in [-0.1, -0.05) is 13.0 Å². The lowest BCUT2D eigenvalue weighted by Crippen LogP contribution is -2.35. The van der Waals surface area contributed by atoms with E-state index in [0.717, 1.165) is 12.0 Å². The van der Waals surface area contributed by atoms with Crippen LogP contribution in [0.25, 0.3) is 22.3 Å².